The monoisotopic (exact) mass is 295 g/mol. The van der Waals surface area contributed by atoms with Gasteiger partial charge in [-0.2, -0.15) is 0 Å². The highest BCUT2D eigenvalue weighted by Gasteiger charge is 2.72. The molecular weight excluding hydrogens is 262 g/mol. The third kappa shape index (κ3) is 2.36. The summed E-state index contributed by atoms with van der Waals surface area (Å²) in [5, 5.41) is 3.57. The third-order valence-electron chi connectivity index (χ3n) is 7.04. The van der Waals surface area contributed by atoms with Gasteiger partial charge in [0.1, 0.15) is 0 Å². The van der Waals surface area contributed by atoms with Gasteiger partial charge in [0.25, 0.3) is 0 Å². The summed E-state index contributed by atoms with van der Waals surface area (Å²) >= 11 is 0. The van der Waals surface area contributed by atoms with E-state index in [2.05, 4.69) is 40.1 Å². The fraction of sp³-hybridized carbons (Fsp3) is 1.00. The van der Waals surface area contributed by atoms with Crippen LogP contribution in [0.25, 0.3) is 0 Å². The second-order valence-electron chi connectivity index (χ2n) is 8.97. The Bertz CT molecular complexity index is 373. The Kier molecular flexibility index (Phi) is 3.71. The molecule has 1 aliphatic heterocycles. The predicted molar refractivity (Wildman–Crippen MR) is 85.4 cm³/mol. The van der Waals surface area contributed by atoms with Crippen molar-refractivity contribution in [3.8, 4) is 0 Å². The smallest absolute Gasteiger partial charge is 0.0699 e. The Morgan fingerprint density at radius 1 is 1.14 bits per heavy atom. The maximum Gasteiger partial charge on any atom is 0.0699 e. The van der Waals surface area contributed by atoms with Gasteiger partial charge in [0, 0.05) is 18.8 Å². The van der Waals surface area contributed by atoms with Gasteiger partial charge in [-0.3, -0.25) is 0 Å². The Morgan fingerprint density at radius 2 is 1.71 bits per heavy atom. The number of nitrogens with one attached hydrogen (secondary N) is 1. The lowest BCUT2D eigenvalue weighted by atomic mass is 9.34. The van der Waals surface area contributed by atoms with E-state index in [1.165, 1.54) is 19.3 Å². The van der Waals surface area contributed by atoms with E-state index in [4.69, 9.17) is 9.47 Å². The molecule has 1 N–H and O–H groups in total. The maximum atomic E-state index is 6.41. The summed E-state index contributed by atoms with van der Waals surface area (Å²) in [5.74, 6) is 0.547. The highest BCUT2D eigenvalue weighted by atomic mass is 16.5. The molecule has 3 saturated carbocycles. The van der Waals surface area contributed by atoms with E-state index in [9.17, 15) is 0 Å². The van der Waals surface area contributed by atoms with Crippen LogP contribution in [0, 0.1) is 16.7 Å². The molecule has 1 saturated heterocycles. The van der Waals surface area contributed by atoms with Crippen LogP contribution in [0.5, 0.6) is 0 Å². The number of hydrogen-bond acceptors (Lipinski definition) is 3. The Hall–Kier alpha value is -0.120. The molecule has 0 spiro atoms. The van der Waals surface area contributed by atoms with Gasteiger partial charge in [-0.05, 0) is 55.9 Å². The van der Waals surface area contributed by atoms with Gasteiger partial charge in [-0.25, -0.2) is 0 Å². The van der Waals surface area contributed by atoms with Crippen molar-refractivity contribution in [3.05, 3.63) is 0 Å². The standard InChI is InChI=1S/C18H33NO2/c1-14(18(19-5)6-8-20-9-7-18)10-21-17-11-16(12-17,13-17)15(2,3)4/h14,19H,6-13H2,1-5H3. The van der Waals surface area contributed by atoms with Crippen molar-refractivity contribution >= 4 is 0 Å². The minimum absolute atomic E-state index is 0.212. The van der Waals surface area contributed by atoms with E-state index < -0.39 is 0 Å². The predicted octanol–water partition coefficient (Wildman–Crippen LogP) is 3.38. The SMILES string of the molecule is CNC1(C(C)COC23CC(C(C)(C)C)(C2)C3)CCOCC1. The Morgan fingerprint density at radius 3 is 2.19 bits per heavy atom. The number of rotatable bonds is 5. The molecule has 2 bridgehead atoms. The van der Waals surface area contributed by atoms with Crippen LogP contribution < -0.4 is 5.32 Å². The normalized spacial score (nSPS) is 39.3. The largest absolute Gasteiger partial charge is 0.381 e. The first-order valence-corrected chi connectivity index (χ1v) is 8.67. The molecule has 0 amide bonds. The van der Waals surface area contributed by atoms with E-state index in [0.29, 0.717) is 16.7 Å². The summed E-state index contributed by atoms with van der Waals surface area (Å²) in [6, 6.07) is 0. The second kappa shape index (κ2) is 4.94. The summed E-state index contributed by atoms with van der Waals surface area (Å²) in [6.45, 7) is 12.1. The van der Waals surface area contributed by atoms with E-state index in [0.717, 1.165) is 32.7 Å². The lowest BCUT2D eigenvalue weighted by Gasteiger charge is -2.75. The first kappa shape index (κ1) is 15.8. The van der Waals surface area contributed by atoms with Gasteiger partial charge in [0.2, 0.25) is 0 Å². The highest BCUT2D eigenvalue weighted by molar-refractivity contribution is 5.23. The minimum Gasteiger partial charge on any atom is -0.381 e. The first-order chi connectivity index (χ1) is 9.77. The zero-order chi connectivity index (χ0) is 15.4. The molecule has 0 aromatic heterocycles. The number of ether oxygens (including phenoxy) is 2. The van der Waals surface area contributed by atoms with Gasteiger partial charge in [-0.15, -0.1) is 0 Å². The highest BCUT2D eigenvalue weighted by Crippen LogP contribution is 2.75. The van der Waals surface area contributed by atoms with Crippen LogP contribution in [0.3, 0.4) is 0 Å². The van der Waals surface area contributed by atoms with Crippen molar-refractivity contribution in [2.75, 3.05) is 26.9 Å². The summed E-state index contributed by atoms with van der Waals surface area (Å²) in [5.41, 5.74) is 1.47. The van der Waals surface area contributed by atoms with Gasteiger partial charge in [0.05, 0.1) is 12.2 Å². The summed E-state index contributed by atoms with van der Waals surface area (Å²) < 4.78 is 11.9. The van der Waals surface area contributed by atoms with Crippen LogP contribution in [0.1, 0.15) is 59.8 Å². The van der Waals surface area contributed by atoms with Crippen LogP contribution in [-0.2, 0) is 9.47 Å². The van der Waals surface area contributed by atoms with Crippen molar-refractivity contribution in [1.82, 2.24) is 5.32 Å². The number of hydrogen-bond donors (Lipinski definition) is 1. The summed E-state index contributed by atoms with van der Waals surface area (Å²) in [4.78, 5) is 0. The average Bonchev–Trinajstić information content (AvgIpc) is 2.34. The molecule has 4 aliphatic rings. The van der Waals surface area contributed by atoms with Crippen molar-refractivity contribution in [1.29, 1.82) is 0 Å². The first-order valence-electron chi connectivity index (χ1n) is 8.67. The third-order valence-corrected chi connectivity index (χ3v) is 7.04. The van der Waals surface area contributed by atoms with Crippen molar-refractivity contribution in [2.45, 2.75) is 70.9 Å². The van der Waals surface area contributed by atoms with Crippen LogP contribution in [0.15, 0.2) is 0 Å². The van der Waals surface area contributed by atoms with E-state index in [-0.39, 0.29) is 11.1 Å². The molecule has 0 radical (unpaired) electrons. The molecule has 21 heavy (non-hydrogen) atoms. The fourth-order valence-electron chi connectivity index (χ4n) is 4.83. The second-order valence-corrected chi connectivity index (χ2v) is 8.97. The zero-order valence-corrected chi connectivity index (χ0v) is 14.6. The van der Waals surface area contributed by atoms with E-state index in [1.807, 2.05) is 0 Å². The summed E-state index contributed by atoms with van der Waals surface area (Å²) in [6.07, 6.45) is 6.06. The molecule has 0 aromatic rings. The van der Waals surface area contributed by atoms with Gasteiger partial charge in [0.15, 0.2) is 0 Å². The molecule has 3 aliphatic carbocycles. The van der Waals surface area contributed by atoms with E-state index in [1.54, 1.807) is 0 Å². The molecule has 122 valence electrons. The zero-order valence-electron chi connectivity index (χ0n) is 14.6. The topological polar surface area (TPSA) is 30.5 Å². The lowest BCUT2D eigenvalue weighted by Crippen LogP contribution is -2.73. The quantitative estimate of drug-likeness (QED) is 0.843. The van der Waals surface area contributed by atoms with Gasteiger partial charge < -0.3 is 14.8 Å². The minimum atomic E-state index is 0.212. The molecular formula is C18H33NO2. The van der Waals surface area contributed by atoms with Crippen LogP contribution in [0.2, 0.25) is 0 Å². The molecule has 1 heterocycles. The van der Waals surface area contributed by atoms with Crippen LogP contribution in [0.4, 0.5) is 0 Å². The van der Waals surface area contributed by atoms with Crippen LogP contribution >= 0.6 is 0 Å². The lowest BCUT2D eigenvalue weighted by molar-refractivity contribution is -0.325. The molecule has 1 atom stereocenters. The Labute approximate surface area is 130 Å². The Balaban J connectivity index is 1.51. The van der Waals surface area contributed by atoms with Gasteiger partial charge >= 0.3 is 0 Å². The molecule has 4 fully saturated rings. The van der Waals surface area contributed by atoms with Crippen LogP contribution in [-0.4, -0.2) is 38.0 Å². The molecule has 0 aromatic carbocycles. The van der Waals surface area contributed by atoms with Crippen molar-refractivity contribution in [2.24, 2.45) is 16.7 Å². The molecule has 3 heteroatoms. The molecule has 4 rings (SSSR count). The van der Waals surface area contributed by atoms with E-state index >= 15 is 0 Å². The fourth-order valence-corrected chi connectivity index (χ4v) is 4.83. The maximum absolute atomic E-state index is 6.41. The molecule has 1 unspecified atom stereocenters. The molecule has 3 nitrogen and oxygen atoms in total. The summed E-state index contributed by atoms with van der Waals surface area (Å²) in [7, 11) is 2.09. The van der Waals surface area contributed by atoms with Crippen molar-refractivity contribution < 1.29 is 9.47 Å². The van der Waals surface area contributed by atoms with Crippen molar-refractivity contribution in [3.63, 3.8) is 0 Å². The average molecular weight is 295 g/mol. The van der Waals surface area contributed by atoms with Gasteiger partial charge in [-0.1, -0.05) is 27.7 Å².